The van der Waals surface area contributed by atoms with Crippen molar-refractivity contribution < 1.29 is 31.2 Å². The minimum absolute atomic E-state index is 0.107. The number of carbonyl (C=O) groups excluding carboxylic acids is 2. The molecule has 1 atom stereocenters. The fourth-order valence-electron chi connectivity index (χ4n) is 3.43. The molecule has 0 fully saturated rings. The minimum atomic E-state index is -4.69. The standard InChI is InChI=1S/C24H30F3N3O4S/c1-17(2)28-23(32)18(3)29(14-13-19-9-6-5-7-10-19)22(31)16-30(35(4,33)34)21-12-8-11-20(15-21)24(25,26)27/h5-12,15,17-18H,13-14,16H2,1-4H3,(H,28,32)/t18-/m0/s1. The first-order valence-electron chi connectivity index (χ1n) is 11.0. The summed E-state index contributed by atoms with van der Waals surface area (Å²) in [4.78, 5) is 27.2. The second-order valence-corrected chi connectivity index (χ2v) is 10.4. The molecule has 0 aromatic heterocycles. The maximum atomic E-state index is 13.3. The lowest BCUT2D eigenvalue weighted by molar-refractivity contribution is -0.139. The Morgan fingerprint density at radius 2 is 1.63 bits per heavy atom. The van der Waals surface area contributed by atoms with Gasteiger partial charge in [0, 0.05) is 12.6 Å². The van der Waals surface area contributed by atoms with Crippen molar-refractivity contribution in [3.8, 4) is 0 Å². The number of rotatable bonds is 10. The molecule has 0 aliphatic carbocycles. The number of carbonyl (C=O) groups is 2. The molecule has 0 aliphatic rings. The van der Waals surface area contributed by atoms with Crippen molar-refractivity contribution >= 4 is 27.5 Å². The molecule has 0 heterocycles. The van der Waals surface area contributed by atoms with E-state index in [1.807, 2.05) is 30.3 Å². The molecule has 7 nitrogen and oxygen atoms in total. The number of sulfonamides is 1. The Bertz CT molecular complexity index is 1120. The Labute approximate surface area is 204 Å². The number of hydrogen-bond acceptors (Lipinski definition) is 4. The second-order valence-electron chi connectivity index (χ2n) is 8.48. The van der Waals surface area contributed by atoms with Gasteiger partial charge < -0.3 is 10.2 Å². The van der Waals surface area contributed by atoms with Crippen molar-refractivity contribution in [3.63, 3.8) is 0 Å². The number of amides is 2. The van der Waals surface area contributed by atoms with Crippen LogP contribution in [0, 0.1) is 0 Å². The van der Waals surface area contributed by atoms with Crippen LogP contribution in [0.4, 0.5) is 18.9 Å². The van der Waals surface area contributed by atoms with E-state index >= 15 is 0 Å². The van der Waals surface area contributed by atoms with Crippen molar-refractivity contribution in [2.45, 2.75) is 45.5 Å². The highest BCUT2D eigenvalue weighted by atomic mass is 32.2. The molecule has 2 aromatic rings. The smallest absolute Gasteiger partial charge is 0.352 e. The number of alkyl halides is 3. The average Bonchev–Trinajstić information content (AvgIpc) is 2.76. The normalized spacial score (nSPS) is 12.8. The van der Waals surface area contributed by atoms with Gasteiger partial charge in [-0.1, -0.05) is 36.4 Å². The van der Waals surface area contributed by atoms with Gasteiger partial charge in [0.15, 0.2) is 0 Å². The SMILES string of the molecule is CC(C)NC(=O)[C@H](C)N(CCc1ccccc1)C(=O)CN(c1cccc(C(F)(F)F)c1)S(C)(=O)=O. The summed E-state index contributed by atoms with van der Waals surface area (Å²) >= 11 is 0. The van der Waals surface area contributed by atoms with E-state index in [9.17, 15) is 31.2 Å². The van der Waals surface area contributed by atoms with Gasteiger partial charge in [-0.15, -0.1) is 0 Å². The van der Waals surface area contributed by atoms with Gasteiger partial charge in [-0.25, -0.2) is 8.42 Å². The molecule has 1 N–H and O–H groups in total. The van der Waals surface area contributed by atoms with Crippen molar-refractivity contribution in [1.82, 2.24) is 10.2 Å². The van der Waals surface area contributed by atoms with Gasteiger partial charge >= 0.3 is 6.18 Å². The Morgan fingerprint density at radius 3 is 2.17 bits per heavy atom. The molecule has 2 rings (SSSR count). The third kappa shape index (κ3) is 8.27. The Hall–Kier alpha value is -3.08. The van der Waals surface area contributed by atoms with E-state index in [1.54, 1.807) is 13.8 Å². The van der Waals surface area contributed by atoms with Crippen molar-refractivity contribution in [2.75, 3.05) is 23.7 Å². The van der Waals surface area contributed by atoms with Crippen LogP contribution in [-0.4, -0.2) is 56.6 Å². The predicted molar refractivity (Wildman–Crippen MR) is 128 cm³/mol. The molecule has 0 spiro atoms. The lowest BCUT2D eigenvalue weighted by atomic mass is 10.1. The number of hydrogen-bond donors (Lipinski definition) is 1. The number of halogens is 3. The van der Waals surface area contributed by atoms with E-state index in [0.29, 0.717) is 16.8 Å². The summed E-state index contributed by atoms with van der Waals surface area (Å²) < 4.78 is 65.1. The third-order valence-corrected chi connectivity index (χ3v) is 6.36. The van der Waals surface area contributed by atoms with Gasteiger partial charge in [0.25, 0.3) is 0 Å². The van der Waals surface area contributed by atoms with Crippen LogP contribution in [0.25, 0.3) is 0 Å². The summed E-state index contributed by atoms with van der Waals surface area (Å²) in [5.41, 5.74) is -0.431. The molecular formula is C24H30F3N3O4S. The summed E-state index contributed by atoms with van der Waals surface area (Å²) in [7, 11) is -4.12. The first kappa shape index (κ1) is 28.2. The molecule has 192 valence electrons. The van der Waals surface area contributed by atoms with Crippen LogP contribution in [0.2, 0.25) is 0 Å². The van der Waals surface area contributed by atoms with E-state index in [-0.39, 0.29) is 18.3 Å². The summed E-state index contributed by atoms with van der Waals surface area (Å²) in [5, 5.41) is 2.73. The summed E-state index contributed by atoms with van der Waals surface area (Å²) in [6.07, 6.45) is -3.48. The average molecular weight is 514 g/mol. The van der Waals surface area contributed by atoms with E-state index in [2.05, 4.69) is 5.32 Å². The molecular weight excluding hydrogens is 483 g/mol. The maximum Gasteiger partial charge on any atom is 0.416 e. The molecule has 2 amide bonds. The molecule has 0 saturated heterocycles. The van der Waals surface area contributed by atoms with Crippen LogP contribution in [0.5, 0.6) is 0 Å². The molecule has 35 heavy (non-hydrogen) atoms. The zero-order valence-electron chi connectivity index (χ0n) is 20.0. The van der Waals surface area contributed by atoms with Crippen molar-refractivity contribution in [2.24, 2.45) is 0 Å². The van der Waals surface area contributed by atoms with Gasteiger partial charge in [-0.3, -0.25) is 13.9 Å². The molecule has 2 aromatic carbocycles. The van der Waals surface area contributed by atoms with Crippen LogP contribution in [0.3, 0.4) is 0 Å². The van der Waals surface area contributed by atoms with Gasteiger partial charge in [-0.2, -0.15) is 13.2 Å². The van der Waals surface area contributed by atoms with Crippen LogP contribution in [0.1, 0.15) is 31.9 Å². The number of anilines is 1. The fraction of sp³-hybridized carbons (Fsp3) is 0.417. The van der Waals surface area contributed by atoms with E-state index in [1.165, 1.54) is 17.9 Å². The van der Waals surface area contributed by atoms with Gasteiger partial charge in [0.1, 0.15) is 12.6 Å². The molecule has 11 heteroatoms. The predicted octanol–water partition coefficient (Wildman–Crippen LogP) is 3.46. The zero-order valence-corrected chi connectivity index (χ0v) is 20.9. The molecule has 0 unspecified atom stereocenters. The second kappa shape index (κ2) is 11.6. The number of nitrogens with zero attached hydrogens (tertiary/aromatic N) is 2. The van der Waals surface area contributed by atoms with Gasteiger partial charge in [0.05, 0.1) is 17.5 Å². The number of benzene rings is 2. The quantitative estimate of drug-likeness (QED) is 0.527. The zero-order chi connectivity index (χ0) is 26.4. The Morgan fingerprint density at radius 1 is 1.00 bits per heavy atom. The lowest BCUT2D eigenvalue weighted by Gasteiger charge is -2.32. The van der Waals surface area contributed by atoms with Crippen LogP contribution in [0.15, 0.2) is 54.6 Å². The van der Waals surface area contributed by atoms with E-state index in [0.717, 1.165) is 24.0 Å². The Balaban J connectivity index is 2.37. The highest BCUT2D eigenvalue weighted by Gasteiger charge is 2.33. The van der Waals surface area contributed by atoms with Crippen LogP contribution in [-0.2, 0) is 32.2 Å². The molecule has 0 bridgehead atoms. The van der Waals surface area contributed by atoms with E-state index < -0.39 is 46.2 Å². The van der Waals surface area contributed by atoms with Gasteiger partial charge in [-0.05, 0) is 51.0 Å². The first-order valence-corrected chi connectivity index (χ1v) is 12.8. The van der Waals surface area contributed by atoms with E-state index in [4.69, 9.17) is 0 Å². The fourth-order valence-corrected chi connectivity index (χ4v) is 4.27. The number of nitrogens with one attached hydrogen (secondary N) is 1. The summed E-state index contributed by atoms with van der Waals surface area (Å²) in [6, 6.07) is 11.8. The minimum Gasteiger partial charge on any atom is -0.352 e. The molecule has 0 saturated carbocycles. The summed E-state index contributed by atoms with van der Waals surface area (Å²) in [5.74, 6) is -1.14. The van der Waals surface area contributed by atoms with Crippen molar-refractivity contribution in [1.29, 1.82) is 0 Å². The first-order chi connectivity index (χ1) is 16.2. The van der Waals surface area contributed by atoms with Crippen LogP contribution >= 0.6 is 0 Å². The monoisotopic (exact) mass is 513 g/mol. The maximum absolute atomic E-state index is 13.3. The highest BCUT2D eigenvalue weighted by molar-refractivity contribution is 7.92. The highest BCUT2D eigenvalue weighted by Crippen LogP contribution is 2.32. The van der Waals surface area contributed by atoms with Gasteiger partial charge in [0.2, 0.25) is 21.8 Å². The Kier molecular flexibility index (Phi) is 9.31. The largest absolute Gasteiger partial charge is 0.416 e. The topological polar surface area (TPSA) is 86.8 Å². The van der Waals surface area contributed by atoms with Crippen LogP contribution < -0.4 is 9.62 Å². The lowest BCUT2D eigenvalue weighted by Crippen LogP contribution is -2.53. The molecule has 0 radical (unpaired) electrons. The molecule has 0 aliphatic heterocycles. The van der Waals surface area contributed by atoms with Crippen molar-refractivity contribution in [3.05, 3.63) is 65.7 Å². The third-order valence-electron chi connectivity index (χ3n) is 5.22. The summed E-state index contributed by atoms with van der Waals surface area (Å²) in [6.45, 7) is 4.40.